The van der Waals surface area contributed by atoms with E-state index in [1.165, 1.54) is 29.9 Å². The number of hydrogen-bond acceptors (Lipinski definition) is 1. The molecular weight excluding hydrogens is 285 g/mol. The Morgan fingerprint density at radius 2 is 1.79 bits per heavy atom. The molecule has 0 bridgehead atoms. The molecule has 3 aliphatic rings. The number of halogens is 1. The Morgan fingerprint density at radius 1 is 1.14 bits per heavy atom. The molecule has 3 rings (SSSR count). The van der Waals surface area contributed by atoms with E-state index in [2.05, 4.69) is 26.1 Å². The Bertz CT molecular complexity index is 261. The minimum atomic E-state index is -0.523. The molecule has 1 nitrogen and oxygen atoms in total. The van der Waals surface area contributed by atoms with Crippen molar-refractivity contribution in [1.29, 1.82) is 0 Å². The van der Waals surface area contributed by atoms with Crippen molar-refractivity contribution in [1.82, 2.24) is 5.32 Å². The van der Waals surface area contributed by atoms with E-state index in [0.717, 1.165) is 12.8 Å². The molecule has 3 aliphatic heterocycles. The summed E-state index contributed by atoms with van der Waals surface area (Å²) in [7, 11) is 0. The monoisotopic (exact) mass is 307 g/mol. The number of rotatable bonds is 1. The predicted molar refractivity (Wildman–Crippen MR) is 70.5 cm³/mol. The molecule has 3 heterocycles. The van der Waals surface area contributed by atoms with Gasteiger partial charge in [-0.25, -0.2) is 0 Å². The molecule has 0 aliphatic carbocycles. The molecule has 14 heavy (non-hydrogen) atoms. The summed E-state index contributed by atoms with van der Waals surface area (Å²) in [6.45, 7) is 10.3. The summed E-state index contributed by atoms with van der Waals surface area (Å²) in [5.41, 5.74) is 0. The van der Waals surface area contributed by atoms with E-state index in [1.807, 2.05) is 0 Å². The van der Waals surface area contributed by atoms with Gasteiger partial charge in [0, 0.05) is 0 Å². The van der Waals surface area contributed by atoms with Crippen LogP contribution in [0.15, 0.2) is 0 Å². The molecule has 3 atom stereocenters. The Hall–Kier alpha value is 0.690. The van der Waals surface area contributed by atoms with E-state index in [1.54, 1.807) is 6.42 Å². The van der Waals surface area contributed by atoms with Gasteiger partial charge in [0.2, 0.25) is 0 Å². The van der Waals surface area contributed by atoms with Gasteiger partial charge in [0.15, 0.2) is 0 Å². The van der Waals surface area contributed by atoms with Crippen molar-refractivity contribution in [3.63, 3.8) is 0 Å². The molecule has 3 fully saturated rings. The zero-order valence-electron chi connectivity index (χ0n) is 9.57. The van der Waals surface area contributed by atoms with Gasteiger partial charge in [0.1, 0.15) is 0 Å². The second kappa shape index (κ2) is 2.88. The number of nitrogens with one attached hydrogen (secondary N) is 1. The van der Waals surface area contributed by atoms with Gasteiger partial charge in [-0.15, -0.1) is 0 Å². The summed E-state index contributed by atoms with van der Waals surface area (Å²) in [5.74, 6) is 1.09. The van der Waals surface area contributed by atoms with Crippen molar-refractivity contribution in [3.8, 4) is 0 Å². The summed E-state index contributed by atoms with van der Waals surface area (Å²) >= 11 is -0.523. The average Bonchev–Trinajstić information content (AvgIpc) is 2.62. The molecule has 0 spiro atoms. The molecule has 0 saturated carbocycles. The first-order valence-electron chi connectivity index (χ1n) is 5.98. The van der Waals surface area contributed by atoms with Crippen molar-refractivity contribution < 1.29 is 0 Å². The van der Waals surface area contributed by atoms with Crippen LogP contribution < -0.4 is 5.32 Å². The molecule has 82 valence electrons. The van der Waals surface area contributed by atoms with E-state index < -0.39 is 19.8 Å². The van der Waals surface area contributed by atoms with Crippen molar-refractivity contribution in [2.24, 2.45) is 5.92 Å². The Balaban J connectivity index is 1.73. The summed E-state index contributed by atoms with van der Waals surface area (Å²) < 4.78 is 2.97. The molecule has 2 heteroatoms. The third-order valence-corrected chi connectivity index (χ3v) is 15.4. The summed E-state index contributed by atoms with van der Waals surface area (Å²) in [6.07, 6.45) is 4.51. The molecule has 0 aromatic rings. The fourth-order valence-electron chi connectivity index (χ4n) is 4.00. The first kappa shape index (κ1) is 9.88. The minimum absolute atomic E-state index is 0.523. The van der Waals surface area contributed by atoms with Crippen LogP contribution in [-0.4, -0.2) is 23.9 Å². The first-order valence-corrected chi connectivity index (χ1v) is 9.38. The Labute approximate surface area is 94.8 Å². The van der Waals surface area contributed by atoms with Crippen LogP contribution in [0.5, 0.6) is 0 Å². The third kappa shape index (κ3) is 1.05. The molecule has 0 radical (unpaired) electrons. The van der Waals surface area contributed by atoms with Gasteiger partial charge in [-0.3, -0.25) is 0 Å². The van der Waals surface area contributed by atoms with Crippen molar-refractivity contribution in [3.05, 3.63) is 0 Å². The van der Waals surface area contributed by atoms with E-state index >= 15 is 0 Å². The fraction of sp³-hybridized carbons (Fsp3) is 1.00. The van der Waals surface area contributed by atoms with Crippen LogP contribution in [0.2, 0.25) is 0 Å². The van der Waals surface area contributed by atoms with Crippen LogP contribution in [0.3, 0.4) is 0 Å². The zero-order valence-corrected chi connectivity index (χ0v) is 11.7. The van der Waals surface area contributed by atoms with Gasteiger partial charge < -0.3 is 0 Å². The van der Waals surface area contributed by atoms with Gasteiger partial charge in [0.25, 0.3) is 0 Å². The molecule has 0 aromatic carbocycles. The van der Waals surface area contributed by atoms with Gasteiger partial charge in [-0.05, 0) is 0 Å². The van der Waals surface area contributed by atoms with E-state index in [9.17, 15) is 0 Å². The first-order chi connectivity index (χ1) is 6.59. The van der Waals surface area contributed by atoms with Crippen LogP contribution in [0.1, 0.15) is 40.0 Å². The maximum absolute atomic E-state index is 3.50. The van der Waals surface area contributed by atoms with Gasteiger partial charge in [-0.1, -0.05) is 0 Å². The van der Waals surface area contributed by atoms with Crippen LogP contribution in [-0.2, 0) is 0 Å². The third-order valence-electron chi connectivity index (χ3n) is 4.92. The number of alkyl halides is 3. The molecule has 0 amide bonds. The fourth-order valence-corrected chi connectivity index (χ4v) is 16.2. The second-order valence-corrected chi connectivity index (χ2v) is 14.3. The maximum atomic E-state index is 3.50. The number of hydrogen-bond donors (Lipinski definition) is 1. The summed E-state index contributed by atoms with van der Waals surface area (Å²) in [6, 6.07) is 0. The standard InChI is InChI=1S/C12H22IN/c1-9-11(2)8-12(3,13(9)11)10-4-6-14-7-5-10/h9-10,14H,4-8H2,1-3H3. The normalized spacial score (nSPS) is 55.1. The zero-order chi connectivity index (χ0) is 9.97. The Morgan fingerprint density at radius 3 is 2.21 bits per heavy atom. The second-order valence-electron chi connectivity index (χ2n) is 5.69. The van der Waals surface area contributed by atoms with Crippen LogP contribution >= 0.6 is 19.8 Å². The van der Waals surface area contributed by atoms with Crippen molar-refractivity contribution in [2.75, 3.05) is 13.1 Å². The van der Waals surface area contributed by atoms with E-state index in [-0.39, 0.29) is 0 Å². The van der Waals surface area contributed by atoms with Crippen molar-refractivity contribution in [2.45, 2.75) is 50.8 Å². The summed E-state index contributed by atoms with van der Waals surface area (Å²) in [4.78, 5) is 0. The van der Waals surface area contributed by atoms with Gasteiger partial charge in [0.05, 0.1) is 0 Å². The SMILES string of the molecule is CC1I2C(C)(C3CCNCC3)CC12C. The topological polar surface area (TPSA) is 12.0 Å². The molecule has 3 unspecified atom stereocenters. The number of piperidine rings is 1. The predicted octanol–water partition coefficient (Wildman–Crippen LogP) is 2.82. The quantitative estimate of drug-likeness (QED) is 0.580. The summed E-state index contributed by atoms with van der Waals surface area (Å²) in [5, 5.41) is 3.50. The molecular formula is C12H22IN. The van der Waals surface area contributed by atoms with E-state index in [0.29, 0.717) is 0 Å². The van der Waals surface area contributed by atoms with Crippen LogP contribution in [0.25, 0.3) is 0 Å². The van der Waals surface area contributed by atoms with Crippen LogP contribution in [0, 0.1) is 5.92 Å². The average molecular weight is 307 g/mol. The van der Waals surface area contributed by atoms with Gasteiger partial charge in [-0.2, -0.15) is 0 Å². The van der Waals surface area contributed by atoms with Gasteiger partial charge >= 0.3 is 94.9 Å². The Kier molecular flexibility index (Phi) is 2.03. The van der Waals surface area contributed by atoms with E-state index in [4.69, 9.17) is 0 Å². The number of fused-ring (bicyclic) bond motifs is 1. The van der Waals surface area contributed by atoms with Crippen molar-refractivity contribution >= 4 is 19.8 Å². The molecule has 3 saturated heterocycles. The van der Waals surface area contributed by atoms with Crippen LogP contribution in [0.4, 0.5) is 0 Å². The molecule has 0 aromatic heterocycles. The molecule has 1 N–H and O–H groups in total.